The van der Waals surface area contributed by atoms with E-state index in [1.807, 2.05) is 20.8 Å². The predicted molar refractivity (Wildman–Crippen MR) is 64.5 cm³/mol. The van der Waals surface area contributed by atoms with Crippen LogP contribution in [-0.4, -0.2) is 33.0 Å². The second kappa shape index (κ2) is 3.61. The Kier molecular flexibility index (Phi) is 2.69. The number of carbonyl (C=O) groups is 1. The van der Waals surface area contributed by atoms with Crippen LogP contribution in [0.2, 0.25) is 0 Å². The van der Waals surface area contributed by atoms with Crippen LogP contribution in [-0.2, 0) is 4.74 Å². The molecule has 4 heteroatoms. The molecule has 1 amide bonds. The molecule has 1 saturated carbocycles. The highest BCUT2D eigenvalue weighted by atomic mass is 16.6. The zero-order chi connectivity index (χ0) is 12.9. The summed E-state index contributed by atoms with van der Waals surface area (Å²) in [4.78, 5) is 13.5. The van der Waals surface area contributed by atoms with E-state index in [1.165, 1.54) is 4.90 Å². The maximum absolute atomic E-state index is 12.1. The summed E-state index contributed by atoms with van der Waals surface area (Å²) >= 11 is 0. The highest BCUT2D eigenvalue weighted by Gasteiger charge is 2.64. The molecule has 0 unspecified atom stereocenters. The molecule has 4 nitrogen and oxygen atoms in total. The lowest BCUT2D eigenvalue weighted by molar-refractivity contribution is -0.174. The minimum absolute atomic E-state index is 0.385. The monoisotopic (exact) mass is 241 g/mol. The molecule has 98 valence electrons. The average Bonchev–Trinajstić information content (AvgIpc) is 2.33. The molecular formula is C13H23NO3. The van der Waals surface area contributed by atoms with Gasteiger partial charge in [0.2, 0.25) is 0 Å². The number of ether oxygens (including phenoxy) is 1. The van der Waals surface area contributed by atoms with Gasteiger partial charge in [-0.2, -0.15) is 0 Å². The fourth-order valence-electron chi connectivity index (χ4n) is 3.32. The summed E-state index contributed by atoms with van der Waals surface area (Å²) in [5.74, 6) is 0. The molecule has 1 spiro atoms. The van der Waals surface area contributed by atoms with Crippen LogP contribution in [0.5, 0.6) is 0 Å². The Morgan fingerprint density at radius 3 is 2.18 bits per heavy atom. The standard InChI is InChI=1S/C13H23NO3/c1-11(2,3)14-10(15)17-13(12(14,4)16)8-6-5-7-9-13/h16H,5-9H2,1-4H3/t12-/m0/s1. The smallest absolute Gasteiger partial charge is 0.413 e. The van der Waals surface area contributed by atoms with E-state index in [0.29, 0.717) is 0 Å². The summed E-state index contributed by atoms with van der Waals surface area (Å²) in [5.41, 5.74) is -2.33. The van der Waals surface area contributed by atoms with Gasteiger partial charge < -0.3 is 9.84 Å². The Bertz CT molecular complexity index is 324. The molecular weight excluding hydrogens is 218 g/mol. The van der Waals surface area contributed by atoms with Crippen LogP contribution >= 0.6 is 0 Å². The van der Waals surface area contributed by atoms with Crippen molar-refractivity contribution in [2.24, 2.45) is 0 Å². The summed E-state index contributed by atoms with van der Waals surface area (Å²) in [6.45, 7) is 7.48. The van der Waals surface area contributed by atoms with Crippen LogP contribution in [0.25, 0.3) is 0 Å². The molecule has 0 aromatic heterocycles. The Morgan fingerprint density at radius 1 is 1.24 bits per heavy atom. The molecule has 1 saturated heterocycles. The number of carbonyl (C=O) groups excluding carboxylic acids is 1. The van der Waals surface area contributed by atoms with Crippen molar-refractivity contribution in [3.63, 3.8) is 0 Å². The third-order valence-corrected chi connectivity index (χ3v) is 4.10. The Hall–Kier alpha value is -0.770. The number of aliphatic hydroxyl groups is 1. The maximum atomic E-state index is 12.1. The van der Waals surface area contributed by atoms with E-state index in [4.69, 9.17) is 4.74 Å². The third-order valence-electron chi connectivity index (χ3n) is 4.10. The molecule has 2 aliphatic rings. The number of hydrogen-bond acceptors (Lipinski definition) is 3. The molecule has 1 atom stereocenters. The van der Waals surface area contributed by atoms with E-state index in [1.54, 1.807) is 6.92 Å². The van der Waals surface area contributed by atoms with Gasteiger partial charge in [0.05, 0.1) is 0 Å². The molecule has 0 aromatic rings. The van der Waals surface area contributed by atoms with Gasteiger partial charge in [-0.25, -0.2) is 4.79 Å². The number of rotatable bonds is 0. The largest absolute Gasteiger partial charge is 0.438 e. The molecule has 1 aliphatic heterocycles. The highest BCUT2D eigenvalue weighted by molar-refractivity contribution is 5.73. The first-order chi connectivity index (χ1) is 7.71. The van der Waals surface area contributed by atoms with Crippen molar-refractivity contribution in [1.82, 2.24) is 4.90 Å². The van der Waals surface area contributed by atoms with E-state index < -0.39 is 16.9 Å². The van der Waals surface area contributed by atoms with Crippen molar-refractivity contribution < 1.29 is 14.6 Å². The van der Waals surface area contributed by atoms with Gasteiger partial charge in [-0.15, -0.1) is 0 Å². The zero-order valence-electron chi connectivity index (χ0n) is 11.2. The summed E-state index contributed by atoms with van der Waals surface area (Å²) in [6.07, 6.45) is 4.33. The van der Waals surface area contributed by atoms with Crippen molar-refractivity contribution >= 4 is 6.09 Å². The SMILES string of the molecule is CC(C)(C)N1C(=O)OC2(CCCCC2)[C@]1(C)O. The van der Waals surface area contributed by atoms with Gasteiger partial charge in [-0.1, -0.05) is 6.42 Å². The first-order valence-electron chi connectivity index (χ1n) is 6.46. The minimum Gasteiger partial charge on any atom is -0.438 e. The van der Waals surface area contributed by atoms with Crippen molar-refractivity contribution in [1.29, 1.82) is 0 Å². The summed E-state index contributed by atoms with van der Waals surface area (Å²) in [7, 11) is 0. The van der Waals surface area contributed by atoms with Gasteiger partial charge in [0.25, 0.3) is 0 Å². The van der Waals surface area contributed by atoms with Crippen LogP contribution < -0.4 is 0 Å². The van der Waals surface area contributed by atoms with E-state index in [9.17, 15) is 9.90 Å². The zero-order valence-corrected chi connectivity index (χ0v) is 11.2. The Morgan fingerprint density at radius 2 is 1.76 bits per heavy atom. The maximum Gasteiger partial charge on any atom is 0.413 e. The Balaban J connectivity index is 2.37. The van der Waals surface area contributed by atoms with Crippen LogP contribution in [0.3, 0.4) is 0 Å². The Labute approximate surface area is 103 Å². The quantitative estimate of drug-likeness (QED) is 0.709. The van der Waals surface area contributed by atoms with E-state index in [-0.39, 0.29) is 6.09 Å². The van der Waals surface area contributed by atoms with Crippen LogP contribution in [0.15, 0.2) is 0 Å². The topological polar surface area (TPSA) is 49.8 Å². The fraction of sp³-hybridized carbons (Fsp3) is 0.923. The van der Waals surface area contributed by atoms with Gasteiger partial charge in [-0.05, 0) is 53.4 Å². The summed E-state index contributed by atoms with van der Waals surface area (Å²) in [5, 5.41) is 10.8. The number of amides is 1. The summed E-state index contributed by atoms with van der Waals surface area (Å²) in [6, 6.07) is 0. The number of nitrogens with zero attached hydrogens (tertiary/aromatic N) is 1. The van der Waals surface area contributed by atoms with Crippen LogP contribution in [0.1, 0.15) is 59.8 Å². The average molecular weight is 241 g/mol. The molecule has 17 heavy (non-hydrogen) atoms. The first kappa shape index (κ1) is 12.7. The molecule has 0 bridgehead atoms. The lowest BCUT2D eigenvalue weighted by atomic mass is 9.77. The molecule has 1 aliphatic carbocycles. The highest BCUT2D eigenvalue weighted by Crippen LogP contribution is 2.49. The van der Waals surface area contributed by atoms with Crippen molar-refractivity contribution in [2.75, 3.05) is 0 Å². The van der Waals surface area contributed by atoms with E-state index >= 15 is 0 Å². The normalized spacial score (nSPS) is 33.0. The molecule has 2 fully saturated rings. The van der Waals surface area contributed by atoms with Gasteiger partial charge in [0.1, 0.15) is 0 Å². The minimum atomic E-state index is -1.21. The van der Waals surface area contributed by atoms with Gasteiger partial charge in [-0.3, -0.25) is 4.90 Å². The van der Waals surface area contributed by atoms with E-state index in [0.717, 1.165) is 32.1 Å². The van der Waals surface area contributed by atoms with E-state index in [2.05, 4.69) is 0 Å². The second-order valence-electron chi connectivity index (χ2n) is 6.45. The third kappa shape index (κ3) is 1.73. The molecule has 1 heterocycles. The molecule has 2 rings (SSSR count). The van der Waals surface area contributed by atoms with Crippen LogP contribution in [0.4, 0.5) is 4.79 Å². The fourth-order valence-corrected chi connectivity index (χ4v) is 3.32. The molecule has 1 N–H and O–H groups in total. The second-order valence-corrected chi connectivity index (χ2v) is 6.45. The van der Waals surface area contributed by atoms with Crippen molar-refractivity contribution in [3.05, 3.63) is 0 Å². The lowest BCUT2D eigenvalue weighted by Crippen LogP contribution is -2.61. The van der Waals surface area contributed by atoms with Crippen molar-refractivity contribution in [3.8, 4) is 0 Å². The van der Waals surface area contributed by atoms with Crippen LogP contribution in [0, 0.1) is 0 Å². The van der Waals surface area contributed by atoms with Gasteiger partial charge >= 0.3 is 6.09 Å². The molecule has 0 aromatic carbocycles. The summed E-state index contributed by atoms with van der Waals surface area (Å²) < 4.78 is 5.58. The predicted octanol–water partition coefficient (Wildman–Crippen LogP) is 2.65. The van der Waals surface area contributed by atoms with Gasteiger partial charge in [0, 0.05) is 5.54 Å². The number of hydrogen-bond donors (Lipinski definition) is 1. The van der Waals surface area contributed by atoms with Crippen molar-refractivity contribution in [2.45, 2.75) is 76.7 Å². The molecule has 0 radical (unpaired) electrons. The van der Waals surface area contributed by atoms with Gasteiger partial charge in [0.15, 0.2) is 11.3 Å². The first-order valence-corrected chi connectivity index (χ1v) is 6.46. The lowest BCUT2D eigenvalue weighted by Gasteiger charge is -2.45.